The average Bonchev–Trinajstić information content (AvgIpc) is 3.41. The van der Waals surface area contributed by atoms with Gasteiger partial charge in [-0.1, -0.05) is 0 Å². The number of aliphatic hydroxyl groups is 1. The Labute approximate surface area is 160 Å². The van der Waals surface area contributed by atoms with E-state index in [0.29, 0.717) is 47.7 Å². The molecule has 7 heteroatoms. The van der Waals surface area contributed by atoms with E-state index in [0.717, 1.165) is 19.0 Å². The molecule has 4 rings (SSSR count). The fraction of sp³-hybridized carbons (Fsp3) is 0.650. The van der Waals surface area contributed by atoms with Gasteiger partial charge in [-0.3, -0.25) is 4.99 Å². The van der Waals surface area contributed by atoms with Crippen molar-refractivity contribution in [1.29, 1.82) is 0 Å². The highest BCUT2D eigenvalue weighted by atomic mass is 16.5. The van der Waals surface area contributed by atoms with Crippen molar-refractivity contribution in [3.05, 3.63) is 23.8 Å². The van der Waals surface area contributed by atoms with Crippen LogP contribution in [0.2, 0.25) is 0 Å². The molecule has 0 radical (unpaired) electrons. The number of aliphatic imine (C=N–C) groups is 1. The lowest BCUT2D eigenvalue weighted by molar-refractivity contribution is 0.0766. The molecule has 148 valence electrons. The van der Waals surface area contributed by atoms with Gasteiger partial charge in [0.1, 0.15) is 11.5 Å². The molecule has 27 heavy (non-hydrogen) atoms. The molecular weight excluding hydrogens is 346 g/mol. The number of rotatable bonds is 5. The van der Waals surface area contributed by atoms with E-state index in [-0.39, 0.29) is 0 Å². The first kappa shape index (κ1) is 18.4. The van der Waals surface area contributed by atoms with Crippen LogP contribution in [-0.4, -0.2) is 69.1 Å². The predicted molar refractivity (Wildman–Crippen MR) is 102 cm³/mol. The number of likely N-dealkylation sites (tertiary alicyclic amines) is 1. The van der Waals surface area contributed by atoms with Crippen LogP contribution >= 0.6 is 0 Å². The molecule has 1 aromatic carbocycles. The molecule has 0 saturated carbocycles. The van der Waals surface area contributed by atoms with Crippen LogP contribution in [0.1, 0.15) is 24.5 Å². The Bertz CT molecular complexity index is 692. The highest BCUT2D eigenvalue weighted by Crippen LogP contribution is 2.47. The third-order valence-corrected chi connectivity index (χ3v) is 6.21. The Balaban J connectivity index is 1.39. The number of hydrogen-bond donors (Lipinski definition) is 2. The van der Waals surface area contributed by atoms with Crippen molar-refractivity contribution in [2.75, 3.05) is 40.9 Å². The Morgan fingerprint density at radius 2 is 1.96 bits per heavy atom. The molecule has 0 aliphatic carbocycles. The molecule has 2 N–H and O–H groups in total. The van der Waals surface area contributed by atoms with E-state index in [4.69, 9.17) is 14.2 Å². The smallest absolute Gasteiger partial charge is 0.193 e. The van der Waals surface area contributed by atoms with E-state index < -0.39 is 6.10 Å². The zero-order chi connectivity index (χ0) is 19.0. The molecule has 0 spiro atoms. The highest BCUT2D eigenvalue weighted by molar-refractivity contribution is 5.80. The van der Waals surface area contributed by atoms with Gasteiger partial charge >= 0.3 is 0 Å². The van der Waals surface area contributed by atoms with Gasteiger partial charge < -0.3 is 29.5 Å². The van der Waals surface area contributed by atoms with Gasteiger partial charge in [0.05, 0.1) is 32.5 Å². The fourth-order valence-electron chi connectivity index (χ4n) is 4.86. The summed E-state index contributed by atoms with van der Waals surface area (Å²) in [6, 6.07) is 5.44. The summed E-state index contributed by atoms with van der Waals surface area (Å²) in [7, 11) is 5.00. The molecule has 7 nitrogen and oxygen atoms in total. The van der Waals surface area contributed by atoms with Crippen LogP contribution in [0.3, 0.4) is 0 Å². The van der Waals surface area contributed by atoms with E-state index in [9.17, 15) is 5.11 Å². The highest BCUT2D eigenvalue weighted by Gasteiger charge is 2.53. The number of guanidine groups is 1. The molecule has 5 atom stereocenters. The van der Waals surface area contributed by atoms with Crippen LogP contribution < -0.4 is 14.8 Å². The number of ether oxygens (including phenoxy) is 3. The number of benzene rings is 1. The maximum absolute atomic E-state index is 10.7. The number of methoxy groups -OCH3 is 2. The molecule has 1 aromatic rings. The summed E-state index contributed by atoms with van der Waals surface area (Å²) in [4.78, 5) is 6.74. The van der Waals surface area contributed by atoms with Gasteiger partial charge in [0.15, 0.2) is 5.96 Å². The van der Waals surface area contributed by atoms with Crippen LogP contribution in [0.15, 0.2) is 23.2 Å². The molecule has 3 saturated heterocycles. The maximum atomic E-state index is 10.7. The van der Waals surface area contributed by atoms with Crippen LogP contribution in [0.5, 0.6) is 11.5 Å². The van der Waals surface area contributed by atoms with E-state index >= 15 is 0 Å². The minimum absolute atomic E-state index is 0.353. The monoisotopic (exact) mass is 375 g/mol. The molecule has 0 aromatic heterocycles. The van der Waals surface area contributed by atoms with E-state index in [1.165, 1.54) is 12.8 Å². The first-order valence-electron chi connectivity index (χ1n) is 9.65. The van der Waals surface area contributed by atoms with Gasteiger partial charge in [-0.15, -0.1) is 0 Å². The quantitative estimate of drug-likeness (QED) is 0.599. The van der Waals surface area contributed by atoms with E-state index in [2.05, 4.69) is 15.2 Å². The van der Waals surface area contributed by atoms with Crippen molar-refractivity contribution in [3.8, 4) is 11.5 Å². The third-order valence-electron chi connectivity index (χ3n) is 6.21. The maximum Gasteiger partial charge on any atom is 0.193 e. The van der Waals surface area contributed by atoms with Gasteiger partial charge in [0.2, 0.25) is 0 Å². The van der Waals surface area contributed by atoms with Gasteiger partial charge in [-0.05, 0) is 31.0 Å². The first-order valence-corrected chi connectivity index (χ1v) is 9.65. The third kappa shape index (κ3) is 3.34. The van der Waals surface area contributed by atoms with Crippen LogP contribution in [0.25, 0.3) is 0 Å². The number of nitrogens with zero attached hydrogens (tertiary/aromatic N) is 2. The molecule has 5 unspecified atom stereocenters. The summed E-state index contributed by atoms with van der Waals surface area (Å²) in [6.45, 7) is 2.31. The van der Waals surface area contributed by atoms with Gasteiger partial charge in [-0.25, -0.2) is 0 Å². The molecule has 3 fully saturated rings. The zero-order valence-electron chi connectivity index (χ0n) is 16.2. The predicted octanol–water partition coefficient (Wildman–Crippen LogP) is 1.42. The molecular formula is C20H29N3O4. The van der Waals surface area contributed by atoms with Crippen LogP contribution in [0.4, 0.5) is 0 Å². The largest absolute Gasteiger partial charge is 0.497 e. The topological polar surface area (TPSA) is 75.6 Å². The molecule has 3 heterocycles. The van der Waals surface area contributed by atoms with Gasteiger partial charge in [-0.2, -0.15) is 0 Å². The fourth-order valence-corrected chi connectivity index (χ4v) is 4.86. The molecule has 3 aliphatic heterocycles. The van der Waals surface area contributed by atoms with Crippen molar-refractivity contribution in [1.82, 2.24) is 10.2 Å². The molecule has 2 bridgehead atoms. The van der Waals surface area contributed by atoms with Crippen molar-refractivity contribution in [2.45, 2.75) is 31.2 Å². The average molecular weight is 375 g/mol. The summed E-state index contributed by atoms with van der Waals surface area (Å²) in [6.07, 6.45) is 2.51. The zero-order valence-corrected chi connectivity index (χ0v) is 16.2. The van der Waals surface area contributed by atoms with Gasteiger partial charge in [0, 0.05) is 44.1 Å². The second kappa shape index (κ2) is 7.56. The Hall–Kier alpha value is -1.99. The Morgan fingerprint density at radius 3 is 2.56 bits per heavy atom. The minimum atomic E-state index is -0.728. The number of aliphatic hydroxyl groups excluding tert-OH is 1. The standard InChI is InChI=1S/C20H29N3O4/c1-21-20(23-10-14-15(11-23)19-7-6-18(14)27-19)22-9-16(24)13-8-12(25-2)4-5-17(13)26-3/h4-5,8,14-16,18-19,24H,6-7,9-11H2,1-3H3,(H,21,22). The second-order valence-corrected chi connectivity index (χ2v) is 7.57. The first-order chi connectivity index (χ1) is 13.1. The lowest BCUT2D eigenvalue weighted by Gasteiger charge is -2.25. The summed E-state index contributed by atoms with van der Waals surface area (Å²) in [5.41, 5.74) is 0.699. The van der Waals surface area contributed by atoms with Crippen molar-refractivity contribution in [2.24, 2.45) is 16.8 Å². The number of hydrogen-bond acceptors (Lipinski definition) is 5. The Morgan fingerprint density at radius 1 is 1.26 bits per heavy atom. The normalized spacial score (nSPS) is 30.4. The van der Waals surface area contributed by atoms with Crippen molar-refractivity contribution >= 4 is 5.96 Å². The van der Waals surface area contributed by atoms with Crippen molar-refractivity contribution < 1.29 is 19.3 Å². The molecule has 0 amide bonds. The number of nitrogens with one attached hydrogen (secondary N) is 1. The second-order valence-electron chi connectivity index (χ2n) is 7.57. The van der Waals surface area contributed by atoms with Crippen LogP contribution in [-0.2, 0) is 4.74 Å². The Kier molecular flexibility index (Phi) is 5.14. The SMILES string of the molecule is CN=C(NCC(O)c1cc(OC)ccc1OC)N1CC2C3CCC(O3)C2C1. The summed E-state index contributed by atoms with van der Waals surface area (Å²) >= 11 is 0. The van der Waals surface area contributed by atoms with Gasteiger partial charge in [0.25, 0.3) is 0 Å². The minimum Gasteiger partial charge on any atom is -0.497 e. The lowest BCUT2D eigenvalue weighted by atomic mass is 9.82. The summed E-state index contributed by atoms with van der Waals surface area (Å²) in [5.74, 6) is 3.41. The van der Waals surface area contributed by atoms with E-state index in [1.807, 2.05) is 18.2 Å². The van der Waals surface area contributed by atoms with Crippen LogP contribution in [0, 0.1) is 11.8 Å². The number of fused-ring (bicyclic) bond motifs is 5. The lowest BCUT2D eigenvalue weighted by Crippen LogP contribution is -2.42. The summed E-state index contributed by atoms with van der Waals surface area (Å²) in [5, 5.41) is 14.0. The van der Waals surface area contributed by atoms with Crippen molar-refractivity contribution in [3.63, 3.8) is 0 Å². The summed E-state index contributed by atoms with van der Waals surface area (Å²) < 4.78 is 16.7. The molecule has 3 aliphatic rings. The van der Waals surface area contributed by atoms with E-state index in [1.54, 1.807) is 21.3 Å².